The van der Waals surface area contributed by atoms with E-state index in [-0.39, 0.29) is 13.2 Å². The van der Waals surface area contributed by atoms with Gasteiger partial charge in [0.2, 0.25) is 0 Å². The van der Waals surface area contributed by atoms with Crippen molar-refractivity contribution < 1.29 is 10.2 Å². The normalized spacial score (nSPS) is 11.9. The van der Waals surface area contributed by atoms with E-state index in [0.717, 1.165) is 17.7 Å². The van der Waals surface area contributed by atoms with Crippen LogP contribution in [0.15, 0.2) is 48.8 Å². The Labute approximate surface area is 132 Å². The number of aliphatic hydroxyl groups excluding tert-OH is 2. The van der Waals surface area contributed by atoms with E-state index in [0.29, 0.717) is 6.54 Å². The van der Waals surface area contributed by atoms with Crippen LogP contribution in [0.4, 0.5) is 0 Å². The number of aliphatic hydroxyl groups is 2. The summed E-state index contributed by atoms with van der Waals surface area (Å²) in [6, 6.07) is 12.3. The van der Waals surface area contributed by atoms with E-state index in [1.165, 1.54) is 5.56 Å². The summed E-state index contributed by atoms with van der Waals surface area (Å²) in [6.07, 6.45) is 3.63. The number of rotatable bonds is 7. The lowest BCUT2D eigenvalue weighted by molar-refractivity contribution is 0.0402. The van der Waals surface area contributed by atoms with Gasteiger partial charge in [-0.3, -0.25) is 4.98 Å². The van der Waals surface area contributed by atoms with Crippen LogP contribution in [-0.4, -0.2) is 46.9 Å². The predicted molar refractivity (Wildman–Crippen MR) is 88.3 cm³/mol. The molecule has 4 heteroatoms. The molecule has 0 spiro atoms. The molecule has 0 unspecified atom stereocenters. The Kier molecular flexibility index (Phi) is 5.66. The summed E-state index contributed by atoms with van der Waals surface area (Å²) >= 11 is 0. The van der Waals surface area contributed by atoms with Gasteiger partial charge in [-0.15, -0.1) is 0 Å². The zero-order valence-electron chi connectivity index (χ0n) is 13.2. The third kappa shape index (κ3) is 4.37. The monoisotopic (exact) mass is 300 g/mol. The highest BCUT2D eigenvalue weighted by Gasteiger charge is 2.24. The predicted octanol–water partition coefficient (Wildman–Crippen LogP) is 2.17. The molecule has 0 saturated carbocycles. The summed E-state index contributed by atoms with van der Waals surface area (Å²) in [5, 5.41) is 18.8. The lowest BCUT2D eigenvalue weighted by Crippen LogP contribution is -2.38. The van der Waals surface area contributed by atoms with Gasteiger partial charge in [0, 0.05) is 30.9 Å². The van der Waals surface area contributed by atoms with Crippen LogP contribution in [-0.2, 0) is 6.54 Å². The molecule has 2 rings (SSSR count). The maximum atomic E-state index is 9.40. The largest absolute Gasteiger partial charge is 0.396 e. The summed E-state index contributed by atoms with van der Waals surface area (Å²) in [5.41, 5.74) is 2.96. The highest BCUT2D eigenvalue weighted by Crippen LogP contribution is 2.21. The Morgan fingerprint density at radius 2 is 1.82 bits per heavy atom. The van der Waals surface area contributed by atoms with Gasteiger partial charge in [0.25, 0.3) is 0 Å². The Balaban J connectivity index is 2.08. The van der Waals surface area contributed by atoms with Gasteiger partial charge < -0.3 is 15.1 Å². The number of aromatic nitrogens is 1. The molecule has 2 N–H and O–H groups in total. The Hall–Kier alpha value is -1.75. The SMILES string of the molecule is CN(Cc1cccc(-c2cccnc2)c1)CC(C)(CO)CO. The van der Waals surface area contributed by atoms with Crippen molar-refractivity contribution in [3.63, 3.8) is 0 Å². The molecule has 118 valence electrons. The number of benzene rings is 1. The van der Waals surface area contributed by atoms with E-state index >= 15 is 0 Å². The summed E-state index contributed by atoms with van der Waals surface area (Å²) in [4.78, 5) is 6.28. The Bertz CT molecular complexity index is 583. The quantitative estimate of drug-likeness (QED) is 0.823. The zero-order chi connectivity index (χ0) is 16.0. The van der Waals surface area contributed by atoms with Gasteiger partial charge in [0.1, 0.15) is 0 Å². The van der Waals surface area contributed by atoms with Crippen LogP contribution < -0.4 is 0 Å². The third-order valence-electron chi connectivity index (χ3n) is 3.79. The van der Waals surface area contributed by atoms with Crippen molar-refractivity contribution in [2.75, 3.05) is 26.8 Å². The second-order valence-electron chi connectivity index (χ2n) is 6.24. The van der Waals surface area contributed by atoms with E-state index in [2.05, 4.69) is 28.1 Å². The smallest absolute Gasteiger partial charge is 0.0519 e. The third-order valence-corrected chi connectivity index (χ3v) is 3.79. The highest BCUT2D eigenvalue weighted by atomic mass is 16.3. The maximum absolute atomic E-state index is 9.40. The number of pyridine rings is 1. The molecule has 0 aliphatic rings. The van der Waals surface area contributed by atoms with Crippen LogP contribution >= 0.6 is 0 Å². The fourth-order valence-corrected chi connectivity index (χ4v) is 2.55. The second-order valence-corrected chi connectivity index (χ2v) is 6.24. The fourth-order valence-electron chi connectivity index (χ4n) is 2.55. The minimum Gasteiger partial charge on any atom is -0.396 e. The summed E-state index contributed by atoms with van der Waals surface area (Å²) in [6.45, 7) is 3.24. The first-order valence-corrected chi connectivity index (χ1v) is 7.46. The molecule has 0 amide bonds. The van der Waals surface area contributed by atoms with E-state index in [1.54, 1.807) is 6.20 Å². The minimum atomic E-state index is -0.476. The van der Waals surface area contributed by atoms with Gasteiger partial charge in [-0.25, -0.2) is 0 Å². The number of hydrogen-bond acceptors (Lipinski definition) is 4. The standard InChI is InChI=1S/C18H24N2O2/c1-18(13-21,14-22)12-20(2)11-15-5-3-6-16(9-15)17-7-4-8-19-10-17/h3-10,21-22H,11-14H2,1-2H3. The van der Waals surface area contributed by atoms with E-state index in [1.807, 2.05) is 38.4 Å². The van der Waals surface area contributed by atoms with Crippen molar-refractivity contribution in [1.29, 1.82) is 0 Å². The summed E-state index contributed by atoms with van der Waals surface area (Å²) in [5.74, 6) is 0. The molecule has 1 aromatic carbocycles. The van der Waals surface area contributed by atoms with Gasteiger partial charge >= 0.3 is 0 Å². The van der Waals surface area contributed by atoms with Crippen LogP contribution in [0.5, 0.6) is 0 Å². The number of nitrogens with zero attached hydrogens (tertiary/aromatic N) is 2. The van der Waals surface area contributed by atoms with Crippen molar-refractivity contribution in [2.24, 2.45) is 5.41 Å². The molecule has 1 heterocycles. The van der Waals surface area contributed by atoms with Crippen LogP contribution in [0.25, 0.3) is 11.1 Å². The molecular formula is C18H24N2O2. The lowest BCUT2D eigenvalue weighted by atomic mass is 9.92. The van der Waals surface area contributed by atoms with Crippen LogP contribution in [0.1, 0.15) is 12.5 Å². The van der Waals surface area contributed by atoms with Gasteiger partial charge in [-0.1, -0.05) is 31.2 Å². The van der Waals surface area contributed by atoms with E-state index in [9.17, 15) is 10.2 Å². The first kappa shape index (κ1) is 16.6. The molecule has 1 aromatic heterocycles. The molecular weight excluding hydrogens is 276 g/mol. The molecule has 4 nitrogen and oxygen atoms in total. The average Bonchev–Trinajstić information content (AvgIpc) is 2.55. The molecule has 0 bridgehead atoms. The Morgan fingerprint density at radius 1 is 1.09 bits per heavy atom. The average molecular weight is 300 g/mol. The number of hydrogen-bond donors (Lipinski definition) is 2. The van der Waals surface area contributed by atoms with Crippen LogP contribution in [0.3, 0.4) is 0 Å². The molecule has 0 aliphatic heterocycles. The van der Waals surface area contributed by atoms with E-state index in [4.69, 9.17) is 0 Å². The first-order chi connectivity index (χ1) is 10.6. The topological polar surface area (TPSA) is 56.6 Å². The molecule has 22 heavy (non-hydrogen) atoms. The lowest BCUT2D eigenvalue weighted by Gasteiger charge is -2.30. The highest BCUT2D eigenvalue weighted by molar-refractivity contribution is 5.62. The maximum Gasteiger partial charge on any atom is 0.0519 e. The van der Waals surface area contributed by atoms with Crippen LogP contribution in [0, 0.1) is 5.41 Å². The zero-order valence-corrected chi connectivity index (χ0v) is 13.2. The van der Waals surface area contributed by atoms with Crippen molar-refractivity contribution in [3.05, 3.63) is 54.4 Å². The minimum absolute atomic E-state index is 0.0242. The van der Waals surface area contributed by atoms with E-state index < -0.39 is 5.41 Å². The van der Waals surface area contributed by atoms with Gasteiger partial charge in [0.15, 0.2) is 0 Å². The first-order valence-electron chi connectivity index (χ1n) is 7.46. The van der Waals surface area contributed by atoms with Crippen LogP contribution in [0.2, 0.25) is 0 Å². The van der Waals surface area contributed by atoms with Crippen molar-refractivity contribution in [3.8, 4) is 11.1 Å². The molecule has 2 aromatic rings. The molecule has 0 saturated heterocycles. The molecule has 0 atom stereocenters. The fraction of sp³-hybridized carbons (Fsp3) is 0.389. The van der Waals surface area contributed by atoms with Crippen molar-refractivity contribution >= 4 is 0 Å². The molecule has 0 aliphatic carbocycles. The molecule has 0 fully saturated rings. The summed E-state index contributed by atoms with van der Waals surface area (Å²) in [7, 11) is 2.00. The molecule has 0 radical (unpaired) electrons. The van der Waals surface area contributed by atoms with Gasteiger partial charge in [-0.2, -0.15) is 0 Å². The van der Waals surface area contributed by atoms with Crippen molar-refractivity contribution in [2.45, 2.75) is 13.5 Å². The van der Waals surface area contributed by atoms with Gasteiger partial charge in [-0.05, 0) is 35.9 Å². The van der Waals surface area contributed by atoms with Crippen molar-refractivity contribution in [1.82, 2.24) is 9.88 Å². The second kappa shape index (κ2) is 7.49. The van der Waals surface area contributed by atoms with Gasteiger partial charge in [0.05, 0.1) is 13.2 Å². The summed E-state index contributed by atoms with van der Waals surface area (Å²) < 4.78 is 0. The Morgan fingerprint density at radius 3 is 2.45 bits per heavy atom.